The van der Waals surface area contributed by atoms with Gasteiger partial charge in [-0.2, -0.15) is 0 Å². The van der Waals surface area contributed by atoms with E-state index in [0.29, 0.717) is 0 Å². The second kappa shape index (κ2) is 6.05. The Kier molecular flexibility index (Phi) is 4.42. The number of carbonyl (C=O) groups is 1. The predicted octanol–water partition coefficient (Wildman–Crippen LogP) is 1.63. The van der Waals surface area contributed by atoms with Crippen molar-refractivity contribution in [1.29, 1.82) is 0 Å². The van der Waals surface area contributed by atoms with Crippen molar-refractivity contribution in [3.05, 3.63) is 55.7 Å². The van der Waals surface area contributed by atoms with Crippen molar-refractivity contribution in [2.24, 2.45) is 11.7 Å². The molecule has 0 saturated heterocycles. The molecule has 2 rings (SSSR count). The van der Waals surface area contributed by atoms with E-state index < -0.39 is 0 Å². The molecule has 0 aliphatic heterocycles. The van der Waals surface area contributed by atoms with Crippen LogP contribution in [0.1, 0.15) is 9.14 Å². The summed E-state index contributed by atoms with van der Waals surface area (Å²) in [4.78, 5) is 11.5. The number of hydrogen-bond acceptors (Lipinski definition) is 1. The summed E-state index contributed by atoms with van der Waals surface area (Å²) in [7, 11) is 0. The van der Waals surface area contributed by atoms with Crippen molar-refractivity contribution < 1.29 is 4.79 Å². The Morgan fingerprint density at radius 2 is 1.88 bits per heavy atom. The third kappa shape index (κ3) is 3.73. The Hall–Kier alpha value is -1.04. The molecule has 0 spiro atoms. The van der Waals surface area contributed by atoms with Gasteiger partial charge in [-0.05, 0) is 0 Å². The van der Waals surface area contributed by atoms with Gasteiger partial charge < -0.3 is 0 Å². The molecule has 0 aliphatic rings. The van der Waals surface area contributed by atoms with Gasteiger partial charge in [-0.3, -0.25) is 0 Å². The van der Waals surface area contributed by atoms with Gasteiger partial charge in [0.15, 0.2) is 0 Å². The third-order valence-electron chi connectivity index (χ3n) is 2.75. The molecule has 0 aliphatic carbocycles. The Labute approximate surface area is 111 Å². The summed E-state index contributed by atoms with van der Waals surface area (Å²) >= 11 is -0.158. The standard InChI is InChI=1S/C14H15NOTe/c15-14(16)12(10-13-7-4-8-17-13)9-11-5-2-1-3-6-11/h1-8,12H,9-10H2,(H2,15,16). The second-order valence-electron chi connectivity index (χ2n) is 4.07. The number of amides is 1. The molecule has 88 valence electrons. The molecule has 1 atom stereocenters. The van der Waals surface area contributed by atoms with Crippen LogP contribution in [0.15, 0.2) is 46.5 Å². The maximum atomic E-state index is 11.5. The van der Waals surface area contributed by atoms with Crippen LogP contribution < -0.4 is 5.73 Å². The van der Waals surface area contributed by atoms with E-state index >= 15 is 0 Å². The van der Waals surface area contributed by atoms with E-state index in [1.54, 1.807) is 0 Å². The van der Waals surface area contributed by atoms with Crippen molar-refractivity contribution in [3.63, 3.8) is 0 Å². The topological polar surface area (TPSA) is 43.1 Å². The molecule has 1 unspecified atom stereocenters. The number of primary amides is 1. The van der Waals surface area contributed by atoms with Crippen LogP contribution in [0.4, 0.5) is 0 Å². The van der Waals surface area contributed by atoms with E-state index in [1.807, 2.05) is 30.3 Å². The minimum absolute atomic E-state index is 0.0614. The van der Waals surface area contributed by atoms with Crippen LogP contribution in [-0.4, -0.2) is 26.3 Å². The molecule has 0 radical (unpaired) electrons. The minimum atomic E-state index is -0.186. The van der Waals surface area contributed by atoms with Gasteiger partial charge in [0.25, 0.3) is 0 Å². The maximum absolute atomic E-state index is 11.5. The molecule has 1 heterocycles. The fourth-order valence-corrected chi connectivity index (χ4v) is 4.09. The molecular weight excluding hydrogens is 326 g/mol. The summed E-state index contributed by atoms with van der Waals surface area (Å²) in [6.07, 6.45) is 1.58. The monoisotopic (exact) mass is 343 g/mol. The fourth-order valence-electron chi connectivity index (χ4n) is 1.84. The molecule has 1 aromatic heterocycles. The SMILES string of the molecule is NC(=O)C(Cc1ccccc1)Cc1ccc[te]1. The fraction of sp³-hybridized carbons (Fsp3) is 0.214. The van der Waals surface area contributed by atoms with Crippen molar-refractivity contribution in [2.75, 3.05) is 0 Å². The number of nitrogens with two attached hydrogens (primary N) is 1. The summed E-state index contributed by atoms with van der Waals surface area (Å²) < 4.78 is 3.66. The van der Waals surface area contributed by atoms with Gasteiger partial charge in [-0.1, -0.05) is 0 Å². The number of rotatable bonds is 5. The van der Waals surface area contributed by atoms with E-state index in [2.05, 4.69) is 16.2 Å². The van der Waals surface area contributed by atoms with E-state index in [-0.39, 0.29) is 32.3 Å². The predicted molar refractivity (Wildman–Crippen MR) is 69.9 cm³/mol. The molecule has 1 amide bonds. The summed E-state index contributed by atoms with van der Waals surface area (Å²) in [5.74, 6) is -0.247. The van der Waals surface area contributed by atoms with E-state index in [1.165, 1.54) is 9.14 Å². The normalized spacial score (nSPS) is 12.2. The van der Waals surface area contributed by atoms with Crippen LogP contribution >= 0.6 is 0 Å². The van der Waals surface area contributed by atoms with Gasteiger partial charge in [0, 0.05) is 0 Å². The van der Waals surface area contributed by atoms with Gasteiger partial charge in [0.2, 0.25) is 0 Å². The van der Waals surface area contributed by atoms with Crippen LogP contribution in [0.2, 0.25) is 0 Å². The quantitative estimate of drug-likeness (QED) is 0.826. The molecule has 17 heavy (non-hydrogen) atoms. The first-order valence-electron chi connectivity index (χ1n) is 5.61. The molecule has 2 N–H and O–H groups in total. The van der Waals surface area contributed by atoms with E-state index in [4.69, 9.17) is 5.73 Å². The Balaban J connectivity index is 2.06. The second-order valence-corrected chi connectivity index (χ2v) is 7.02. The van der Waals surface area contributed by atoms with Crippen molar-refractivity contribution in [3.8, 4) is 0 Å². The third-order valence-corrected chi connectivity index (χ3v) is 5.32. The van der Waals surface area contributed by atoms with Crippen molar-refractivity contribution >= 4 is 26.3 Å². The first-order valence-corrected chi connectivity index (χ1v) is 8.12. The number of benzene rings is 1. The number of carbonyl (C=O) groups excluding carboxylic acids is 1. The molecule has 2 nitrogen and oxygen atoms in total. The first-order chi connectivity index (χ1) is 8.25. The zero-order chi connectivity index (χ0) is 12.1. The Morgan fingerprint density at radius 3 is 2.47 bits per heavy atom. The van der Waals surface area contributed by atoms with Gasteiger partial charge in [0.1, 0.15) is 0 Å². The molecule has 1 aromatic carbocycles. The zero-order valence-electron chi connectivity index (χ0n) is 9.50. The van der Waals surface area contributed by atoms with Gasteiger partial charge in [-0.15, -0.1) is 0 Å². The summed E-state index contributed by atoms with van der Waals surface area (Å²) in [5.41, 5.74) is 6.67. The summed E-state index contributed by atoms with van der Waals surface area (Å²) in [6.45, 7) is 0. The molecule has 0 bridgehead atoms. The van der Waals surface area contributed by atoms with Crippen molar-refractivity contribution in [2.45, 2.75) is 12.8 Å². The summed E-state index contributed by atoms with van der Waals surface area (Å²) in [6, 6.07) is 14.3. The average Bonchev–Trinajstić information content (AvgIpc) is 2.82. The van der Waals surface area contributed by atoms with Crippen LogP contribution in [0.25, 0.3) is 0 Å². The molecule has 3 heteroatoms. The van der Waals surface area contributed by atoms with Crippen molar-refractivity contribution in [1.82, 2.24) is 0 Å². The van der Waals surface area contributed by atoms with Gasteiger partial charge >= 0.3 is 111 Å². The van der Waals surface area contributed by atoms with Gasteiger partial charge in [0.05, 0.1) is 0 Å². The Bertz CT molecular complexity index is 464. The van der Waals surface area contributed by atoms with E-state index in [0.717, 1.165) is 12.8 Å². The average molecular weight is 341 g/mol. The molecule has 2 aromatic rings. The van der Waals surface area contributed by atoms with E-state index in [9.17, 15) is 4.79 Å². The molecule has 0 saturated carbocycles. The zero-order valence-corrected chi connectivity index (χ0v) is 11.8. The molecule has 0 fully saturated rings. The first kappa shape index (κ1) is 12.4. The van der Waals surface area contributed by atoms with Crippen LogP contribution in [0, 0.1) is 5.92 Å². The summed E-state index contributed by atoms with van der Waals surface area (Å²) in [5, 5.41) is 0. The molecular formula is C14H15NOTe. The van der Waals surface area contributed by atoms with Crippen LogP contribution in [-0.2, 0) is 17.6 Å². The van der Waals surface area contributed by atoms with Crippen LogP contribution in [0.3, 0.4) is 0 Å². The van der Waals surface area contributed by atoms with Crippen LogP contribution in [0.5, 0.6) is 0 Å². The van der Waals surface area contributed by atoms with Gasteiger partial charge in [-0.25, -0.2) is 0 Å². The number of hydrogen-bond donors (Lipinski definition) is 1. The Morgan fingerprint density at radius 1 is 1.12 bits per heavy atom.